The Labute approximate surface area is 208 Å². The summed E-state index contributed by atoms with van der Waals surface area (Å²) in [5.74, 6) is 2.85. The number of hydrogen-bond donors (Lipinski definition) is 2. The van der Waals surface area contributed by atoms with E-state index in [1.54, 1.807) is 6.21 Å². The van der Waals surface area contributed by atoms with Crippen molar-refractivity contribution in [2.45, 2.75) is 63.0 Å². The summed E-state index contributed by atoms with van der Waals surface area (Å²) >= 11 is 0. The van der Waals surface area contributed by atoms with Crippen LogP contribution in [-0.4, -0.2) is 16.4 Å². The Hall–Kier alpha value is -2.91. The first-order chi connectivity index (χ1) is 17.0. The van der Waals surface area contributed by atoms with Crippen LogP contribution in [0.4, 0.5) is 0 Å². The Balaban J connectivity index is 1.37. The van der Waals surface area contributed by atoms with Gasteiger partial charge in [0.1, 0.15) is 17.9 Å². The maximum atomic E-state index is 11.6. The van der Waals surface area contributed by atoms with E-state index in [-0.39, 0.29) is 5.41 Å². The number of nitrogens with zero attached hydrogens (tertiary/aromatic N) is 1. The minimum absolute atomic E-state index is 0.121. The maximum absolute atomic E-state index is 11.6. The fourth-order valence-electron chi connectivity index (χ4n) is 7.74. The first-order valence-corrected chi connectivity index (χ1v) is 13.2. The molecule has 4 bridgehead atoms. The minimum Gasteiger partial charge on any atom is -0.507 e. The monoisotopic (exact) mass is 465 g/mol. The predicted molar refractivity (Wildman–Crippen MR) is 141 cm³/mol. The molecule has 0 saturated heterocycles. The highest BCUT2D eigenvalue weighted by atomic mass is 16.3. The summed E-state index contributed by atoms with van der Waals surface area (Å²) in [6, 6.07) is 23.4. The van der Waals surface area contributed by atoms with Gasteiger partial charge < -0.3 is 10.2 Å². The van der Waals surface area contributed by atoms with Crippen LogP contribution in [0, 0.1) is 24.7 Å². The van der Waals surface area contributed by atoms with Crippen molar-refractivity contribution in [2.24, 2.45) is 22.7 Å². The van der Waals surface area contributed by atoms with E-state index in [0.717, 1.165) is 45.6 Å². The summed E-state index contributed by atoms with van der Waals surface area (Å²) in [7, 11) is 0. The van der Waals surface area contributed by atoms with E-state index in [9.17, 15) is 10.2 Å². The van der Waals surface area contributed by atoms with Gasteiger partial charge in [-0.1, -0.05) is 66.7 Å². The van der Waals surface area contributed by atoms with E-state index in [0.29, 0.717) is 5.75 Å². The molecule has 4 aliphatic rings. The van der Waals surface area contributed by atoms with Gasteiger partial charge in [-0.15, -0.1) is 0 Å². The second-order valence-electron chi connectivity index (χ2n) is 11.4. The Morgan fingerprint density at radius 2 is 1.37 bits per heavy atom. The van der Waals surface area contributed by atoms with Gasteiger partial charge in [-0.25, -0.2) is 0 Å². The third kappa shape index (κ3) is 4.21. The highest BCUT2D eigenvalue weighted by Gasteiger charge is 2.52. The molecule has 3 nitrogen and oxygen atoms in total. The Morgan fingerprint density at radius 1 is 0.829 bits per heavy atom. The number of aliphatic hydroxyl groups excluding tert-OH is 1. The van der Waals surface area contributed by atoms with Gasteiger partial charge in [0.25, 0.3) is 0 Å². The largest absolute Gasteiger partial charge is 0.507 e. The molecule has 3 aromatic carbocycles. The van der Waals surface area contributed by atoms with E-state index in [1.807, 2.05) is 66.7 Å². The van der Waals surface area contributed by atoms with Crippen LogP contribution in [0.5, 0.6) is 5.75 Å². The first-order valence-electron chi connectivity index (χ1n) is 13.2. The molecule has 2 atom stereocenters. The molecule has 0 aliphatic heterocycles. The van der Waals surface area contributed by atoms with Gasteiger partial charge in [0.05, 0.1) is 0 Å². The van der Waals surface area contributed by atoms with Crippen LogP contribution in [0.25, 0.3) is 0 Å². The summed E-state index contributed by atoms with van der Waals surface area (Å²) in [5.41, 5.74) is 4.97. The number of aliphatic hydroxyl groups is 1. The zero-order chi connectivity index (χ0) is 24.0. The van der Waals surface area contributed by atoms with Gasteiger partial charge in [0.15, 0.2) is 0 Å². The van der Waals surface area contributed by atoms with Gasteiger partial charge in [-0.05, 0) is 91.4 Å². The van der Waals surface area contributed by atoms with Crippen molar-refractivity contribution in [3.63, 3.8) is 0 Å². The average molecular weight is 466 g/mol. The standard InChI is InChI=1S/C32H35NO2/c1-21-12-27(30(34)28(13-21)32-17-22-14-23(18-32)16-24(15-22)19-32)20-33-29(25-8-4-2-5-9-25)31(35)26-10-6-3-7-11-26/h2-13,20,22-24,29,31,34-35H,14-19H2,1H3. The summed E-state index contributed by atoms with van der Waals surface area (Å²) in [4.78, 5) is 4.89. The van der Waals surface area contributed by atoms with Crippen LogP contribution in [0.3, 0.4) is 0 Å². The lowest BCUT2D eigenvalue weighted by Crippen LogP contribution is -2.48. The Morgan fingerprint density at radius 3 is 1.94 bits per heavy atom. The van der Waals surface area contributed by atoms with E-state index in [1.165, 1.54) is 38.5 Å². The van der Waals surface area contributed by atoms with Crippen LogP contribution in [0.2, 0.25) is 0 Å². The molecule has 0 radical (unpaired) electrons. The van der Waals surface area contributed by atoms with E-state index < -0.39 is 12.1 Å². The summed E-state index contributed by atoms with van der Waals surface area (Å²) < 4.78 is 0. The Kier molecular flexibility index (Phi) is 5.76. The second kappa shape index (κ2) is 8.95. The molecule has 4 aliphatic carbocycles. The first kappa shape index (κ1) is 22.5. The van der Waals surface area contributed by atoms with Crippen molar-refractivity contribution in [1.29, 1.82) is 0 Å². The summed E-state index contributed by atoms with van der Waals surface area (Å²) in [5, 5.41) is 22.8. The molecule has 4 fully saturated rings. The fraction of sp³-hybridized carbons (Fsp3) is 0.406. The molecule has 35 heavy (non-hydrogen) atoms. The zero-order valence-corrected chi connectivity index (χ0v) is 20.5. The van der Waals surface area contributed by atoms with E-state index in [4.69, 9.17) is 4.99 Å². The van der Waals surface area contributed by atoms with Crippen molar-refractivity contribution >= 4 is 6.21 Å². The number of aliphatic imine (C=N–C) groups is 1. The number of phenols is 1. The second-order valence-corrected chi connectivity index (χ2v) is 11.4. The molecule has 3 heteroatoms. The van der Waals surface area contributed by atoms with Crippen molar-refractivity contribution in [2.75, 3.05) is 0 Å². The number of phenolic OH excluding ortho intramolecular Hbond substituents is 1. The van der Waals surface area contributed by atoms with Crippen molar-refractivity contribution in [1.82, 2.24) is 0 Å². The molecule has 0 aromatic heterocycles. The normalized spacial score (nSPS) is 28.9. The molecule has 4 saturated carbocycles. The van der Waals surface area contributed by atoms with Gasteiger partial charge in [0.2, 0.25) is 0 Å². The highest BCUT2D eigenvalue weighted by Crippen LogP contribution is 2.62. The third-order valence-corrected chi connectivity index (χ3v) is 8.85. The van der Waals surface area contributed by atoms with Gasteiger partial charge in [0, 0.05) is 17.3 Å². The van der Waals surface area contributed by atoms with Gasteiger partial charge in [-0.2, -0.15) is 0 Å². The molecular formula is C32H35NO2. The van der Waals surface area contributed by atoms with Crippen molar-refractivity contribution in [3.05, 3.63) is 101 Å². The molecule has 7 rings (SSSR count). The van der Waals surface area contributed by atoms with Crippen molar-refractivity contribution in [3.8, 4) is 5.75 Å². The quantitative estimate of drug-likeness (QED) is 0.383. The number of rotatable bonds is 6. The number of aryl methyl sites for hydroxylation is 1. The predicted octanol–water partition coefficient (Wildman–Crippen LogP) is 7.06. The molecule has 2 unspecified atom stereocenters. The van der Waals surface area contributed by atoms with Crippen LogP contribution in [-0.2, 0) is 5.41 Å². The lowest BCUT2D eigenvalue weighted by Gasteiger charge is -2.57. The van der Waals surface area contributed by atoms with Gasteiger partial charge in [-0.3, -0.25) is 4.99 Å². The topological polar surface area (TPSA) is 52.8 Å². The van der Waals surface area contributed by atoms with Crippen LogP contribution >= 0.6 is 0 Å². The third-order valence-electron chi connectivity index (χ3n) is 8.85. The zero-order valence-electron chi connectivity index (χ0n) is 20.5. The lowest BCUT2D eigenvalue weighted by molar-refractivity contribution is -0.00616. The molecular weight excluding hydrogens is 430 g/mol. The number of hydrogen-bond acceptors (Lipinski definition) is 3. The maximum Gasteiger partial charge on any atom is 0.128 e. The molecule has 0 spiro atoms. The SMILES string of the molecule is Cc1cc(C=NC(c2ccccc2)C(O)c2ccccc2)c(O)c(C23CC4CC(CC(C4)C2)C3)c1. The number of benzene rings is 3. The molecule has 3 aromatic rings. The molecule has 180 valence electrons. The fourth-order valence-corrected chi connectivity index (χ4v) is 7.74. The molecule has 2 N–H and O–H groups in total. The smallest absolute Gasteiger partial charge is 0.128 e. The van der Waals surface area contributed by atoms with Gasteiger partial charge >= 0.3 is 0 Å². The Bertz CT molecular complexity index is 1180. The van der Waals surface area contributed by atoms with Crippen LogP contribution < -0.4 is 0 Å². The summed E-state index contributed by atoms with van der Waals surface area (Å²) in [6.07, 6.45) is 8.81. The number of aromatic hydroxyl groups is 1. The highest BCUT2D eigenvalue weighted by molar-refractivity contribution is 5.85. The molecule has 0 amide bonds. The van der Waals surface area contributed by atoms with E-state index in [2.05, 4.69) is 13.0 Å². The molecule has 0 heterocycles. The minimum atomic E-state index is -0.774. The summed E-state index contributed by atoms with van der Waals surface area (Å²) in [6.45, 7) is 2.12. The van der Waals surface area contributed by atoms with E-state index >= 15 is 0 Å². The average Bonchev–Trinajstić information content (AvgIpc) is 2.86. The lowest BCUT2D eigenvalue weighted by atomic mass is 9.48. The van der Waals surface area contributed by atoms with Crippen LogP contribution in [0.1, 0.15) is 78.5 Å². The van der Waals surface area contributed by atoms with Crippen molar-refractivity contribution < 1.29 is 10.2 Å². The van der Waals surface area contributed by atoms with Crippen LogP contribution in [0.15, 0.2) is 77.8 Å².